The number of benzene rings is 1. The number of hydrogen-bond donors (Lipinski definition) is 3. The fourth-order valence-corrected chi connectivity index (χ4v) is 2.41. The molecular formula is C21H30N2O6. The number of amides is 1. The third-order valence-electron chi connectivity index (χ3n) is 3.79. The first-order valence-electron chi connectivity index (χ1n) is 9.35. The molecule has 8 nitrogen and oxygen atoms in total. The van der Waals surface area contributed by atoms with Gasteiger partial charge in [-0.05, 0) is 57.7 Å². The largest absolute Gasteiger partial charge is 0.514 e. The molecule has 0 aromatic heterocycles. The molecule has 0 fully saturated rings. The zero-order valence-electron chi connectivity index (χ0n) is 17.4. The second-order valence-electron chi connectivity index (χ2n) is 7.73. The van der Waals surface area contributed by atoms with E-state index < -0.39 is 35.7 Å². The molecule has 0 spiro atoms. The van der Waals surface area contributed by atoms with Crippen LogP contribution in [0, 0.1) is 0 Å². The second kappa shape index (κ2) is 10.6. The van der Waals surface area contributed by atoms with E-state index in [9.17, 15) is 19.5 Å². The van der Waals surface area contributed by atoms with Crippen LogP contribution in [-0.4, -0.2) is 40.8 Å². The highest BCUT2D eigenvalue weighted by Gasteiger charge is 2.23. The smallest absolute Gasteiger partial charge is 0.480 e. The Morgan fingerprint density at radius 3 is 2.48 bits per heavy atom. The van der Waals surface area contributed by atoms with Crippen molar-refractivity contribution in [1.82, 2.24) is 5.32 Å². The van der Waals surface area contributed by atoms with Crippen LogP contribution in [0.2, 0.25) is 0 Å². The zero-order chi connectivity index (χ0) is 22.2. The Bertz CT molecular complexity index is 752. The number of aryl methyl sites for hydroxylation is 1. The van der Waals surface area contributed by atoms with Gasteiger partial charge in [0.25, 0.3) is 0 Å². The quantitative estimate of drug-likeness (QED) is 0.327. The van der Waals surface area contributed by atoms with E-state index in [2.05, 4.69) is 11.9 Å². The Morgan fingerprint density at radius 2 is 1.97 bits per heavy atom. The fraction of sp³-hybridized carbons (Fsp3) is 0.476. The summed E-state index contributed by atoms with van der Waals surface area (Å²) in [6.07, 6.45) is 2.14. The van der Waals surface area contributed by atoms with Gasteiger partial charge < -0.3 is 25.6 Å². The van der Waals surface area contributed by atoms with Crippen LogP contribution in [0.5, 0.6) is 5.75 Å². The van der Waals surface area contributed by atoms with Crippen molar-refractivity contribution in [2.24, 2.45) is 5.73 Å². The second-order valence-corrected chi connectivity index (χ2v) is 7.73. The van der Waals surface area contributed by atoms with E-state index in [0.717, 1.165) is 0 Å². The van der Waals surface area contributed by atoms with Crippen molar-refractivity contribution >= 4 is 18.0 Å². The van der Waals surface area contributed by atoms with E-state index in [1.165, 1.54) is 6.92 Å². The van der Waals surface area contributed by atoms with Gasteiger partial charge in [0, 0.05) is 6.42 Å². The summed E-state index contributed by atoms with van der Waals surface area (Å²) in [5, 5.41) is 11.8. The topological polar surface area (TPSA) is 128 Å². The van der Waals surface area contributed by atoms with Crippen molar-refractivity contribution in [2.75, 3.05) is 0 Å². The Hall–Kier alpha value is -2.87. The van der Waals surface area contributed by atoms with Crippen molar-refractivity contribution in [1.29, 1.82) is 0 Å². The SMILES string of the molecule is C=CCCc1cc(C[C@H](NC(=O)[C@H](C)N)C(=O)O)ccc1OC(=O)OC(C)(C)C. The lowest BCUT2D eigenvalue weighted by Crippen LogP contribution is -2.48. The highest BCUT2D eigenvalue weighted by atomic mass is 16.7. The molecule has 0 aliphatic carbocycles. The molecule has 0 unspecified atom stereocenters. The van der Waals surface area contributed by atoms with Crippen LogP contribution in [0.15, 0.2) is 30.9 Å². The minimum Gasteiger partial charge on any atom is -0.480 e. The molecule has 0 radical (unpaired) electrons. The van der Waals surface area contributed by atoms with Crippen molar-refractivity contribution in [3.05, 3.63) is 42.0 Å². The van der Waals surface area contributed by atoms with Crippen LogP contribution in [0.1, 0.15) is 45.2 Å². The third kappa shape index (κ3) is 8.78. The maximum Gasteiger partial charge on any atom is 0.514 e. The van der Waals surface area contributed by atoms with E-state index in [0.29, 0.717) is 29.7 Å². The van der Waals surface area contributed by atoms with Gasteiger partial charge in [-0.25, -0.2) is 9.59 Å². The summed E-state index contributed by atoms with van der Waals surface area (Å²) in [6.45, 7) is 10.4. The maximum absolute atomic E-state index is 12.0. The van der Waals surface area contributed by atoms with Crippen LogP contribution in [0.3, 0.4) is 0 Å². The third-order valence-corrected chi connectivity index (χ3v) is 3.79. The summed E-state index contributed by atoms with van der Waals surface area (Å²) in [5.74, 6) is -1.38. The first kappa shape index (κ1) is 24.2. The number of hydrogen-bond acceptors (Lipinski definition) is 6. The van der Waals surface area contributed by atoms with Crippen LogP contribution in [0.25, 0.3) is 0 Å². The molecule has 4 N–H and O–H groups in total. The Kier molecular flexibility index (Phi) is 8.85. The molecule has 0 bridgehead atoms. The number of carboxylic acids is 1. The van der Waals surface area contributed by atoms with Gasteiger partial charge in [-0.1, -0.05) is 18.2 Å². The molecular weight excluding hydrogens is 376 g/mol. The maximum atomic E-state index is 12.0. The van der Waals surface area contributed by atoms with Gasteiger partial charge in [-0.2, -0.15) is 0 Å². The van der Waals surface area contributed by atoms with Crippen LogP contribution in [-0.2, 0) is 27.2 Å². The first-order valence-corrected chi connectivity index (χ1v) is 9.35. The normalized spacial score (nSPS) is 13.1. The first-order chi connectivity index (χ1) is 13.4. The highest BCUT2D eigenvalue weighted by molar-refractivity contribution is 5.86. The molecule has 2 atom stereocenters. The molecule has 0 heterocycles. The minimum absolute atomic E-state index is 0.0571. The number of nitrogens with one attached hydrogen (secondary N) is 1. The van der Waals surface area contributed by atoms with Crippen LogP contribution in [0.4, 0.5) is 4.79 Å². The van der Waals surface area contributed by atoms with Crippen molar-refractivity contribution in [3.8, 4) is 5.75 Å². The van der Waals surface area contributed by atoms with E-state index in [4.69, 9.17) is 15.2 Å². The molecule has 0 aliphatic heterocycles. The molecule has 1 aromatic rings. The van der Waals surface area contributed by atoms with E-state index in [-0.39, 0.29) is 6.42 Å². The molecule has 8 heteroatoms. The van der Waals surface area contributed by atoms with Gasteiger partial charge >= 0.3 is 12.1 Å². The molecule has 0 aliphatic rings. The molecule has 0 saturated heterocycles. The molecule has 1 rings (SSSR count). The monoisotopic (exact) mass is 406 g/mol. The van der Waals surface area contributed by atoms with E-state index in [1.807, 2.05) is 0 Å². The Balaban J connectivity index is 3.04. The lowest BCUT2D eigenvalue weighted by Gasteiger charge is -2.20. The lowest BCUT2D eigenvalue weighted by molar-refractivity contribution is -0.141. The average molecular weight is 406 g/mol. The Labute approximate surface area is 171 Å². The average Bonchev–Trinajstić information content (AvgIpc) is 2.59. The van der Waals surface area contributed by atoms with Gasteiger partial charge in [0.2, 0.25) is 5.91 Å². The summed E-state index contributed by atoms with van der Waals surface area (Å²) in [6, 6.07) is 3.04. The summed E-state index contributed by atoms with van der Waals surface area (Å²) in [5.41, 5.74) is 6.17. The predicted molar refractivity (Wildman–Crippen MR) is 109 cm³/mol. The van der Waals surface area contributed by atoms with Gasteiger partial charge in [0.05, 0.1) is 6.04 Å². The number of carbonyl (C=O) groups is 3. The number of carboxylic acid groups (broad SMARTS) is 1. The number of aliphatic carboxylic acids is 1. The summed E-state index contributed by atoms with van der Waals surface area (Å²) in [7, 11) is 0. The standard InChI is InChI=1S/C21H30N2O6/c1-6-7-8-15-11-14(12-16(19(25)26)23-18(24)13(2)22)9-10-17(15)28-20(27)29-21(3,4)5/h6,9-11,13,16H,1,7-8,12,22H2,2-5H3,(H,23,24)(H,25,26)/t13-,16-/m0/s1. The molecule has 0 saturated carbocycles. The number of allylic oxidation sites excluding steroid dienone is 1. The summed E-state index contributed by atoms with van der Waals surface area (Å²) < 4.78 is 10.5. The van der Waals surface area contributed by atoms with Gasteiger partial charge in [0.1, 0.15) is 17.4 Å². The number of carbonyl (C=O) groups excluding carboxylic acids is 2. The number of ether oxygens (including phenoxy) is 2. The van der Waals surface area contributed by atoms with Gasteiger partial charge in [-0.3, -0.25) is 4.79 Å². The van der Waals surface area contributed by atoms with E-state index in [1.54, 1.807) is 45.0 Å². The highest BCUT2D eigenvalue weighted by Crippen LogP contribution is 2.24. The van der Waals surface area contributed by atoms with Crippen LogP contribution >= 0.6 is 0 Å². The summed E-state index contributed by atoms with van der Waals surface area (Å²) in [4.78, 5) is 35.3. The van der Waals surface area contributed by atoms with Crippen molar-refractivity contribution in [2.45, 2.75) is 64.6 Å². The molecule has 1 amide bonds. The molecule has 1 aromatic carbocycles. The van der Waals surface area contributed by atoms with Crippen molar-refractivity contribution < 1.29 is 29.0 Å². The predicted octanol–water partition coefficient (Wildman–Crippen LogP) is 2.58. The number of rotatable bonds is 9. The number of nitrogens with two attached hydrogens (primary N) is 1. The lowest BCUT2D eigenvalue weighted by atomic mass is 10.00. The van der Waals surface area contributed by atoms with Crippen LogP contribution < -0.4 is 15.8 Å². The minimum atomic E-state index is -1.17. The van der Waals surface area contributed by atoms with E-state index >= 15 is 0 Å². The van der Waals surface area contributed by atoms with Gasteiger partial charge in [0.15, 0.2) is 0 Å². The summed E-state index contributed by atoms with van der Waals surface area (Å²) >= 11 is 0. The van der Waals surface area contributed by atoms with Crippen molar-refractivity contribution in [3.63, 3.8) is 0 Å². The van der Waals surface area contributed by atoms with Gasteiger partial charge in [-0.15, -0.1) is 6.58 Å². The Morgan fingerprint density at radius 1 is 1.31 bits per heavy atom. The fourth-order valence-electron chi connectivity index (χ4n) is 2.41. The molecule has 29 heavy (non-hydrogen) atoms. The zero-order valence-corrected chi connectivity index (χ0v) is 17.4. The molecule has 160 valence electrons.